The first-order valence-electron chi connectivity index (χ1n) is 11.5. The molecule has 1 fully saturated rings. The molecule has 3 rings (SSSR count). The molecule has 0 radical (unpaired) electrons. The maximum atomic E-state index is 13.6. The van der Waals surface area contributed by atoms with E-state index in [4.69, 9.17) is 0 Å². The molecule has 1 aromatic heterocycles. The predicted molar refractivity (Wildman–Crippen MR) is 128 cm³/mol. The number of aryl methyl sites for hydroxylation is 1. The molecule has 2 aromatic rings. The van der Waals surface area contributed by atoms with Crippen molar-refractivity contribution in [3.8, 4) is 0 Å². The maximum absolute atomic E-state index is 13.6. The lowest BCUT2D eigenvalue weighted by Gasteiger charge is -2.38. The van der Waals surface area contributed by atoms with Gasteiger partial charge in [-0.05, 0) is 54.5 Å². The standard InChI is InChI=1S/C26H35FN2O2S/c1-19-14-15-32-23(19)17-28(16-20-10-12-21(27)13-11-20)24(30)18-29(25(31)26(2,3)4)22-8-6-5-7-9-22/h10-15,22H,5-9,16-18H2,1-4H3. The Morgan fingerprint density at radius 1 is 1.03 bits per heavy atom. The molecule has 6 heteroatoms. The smallest absolute Gasteiger partial charge is 0.242 e. The molecule has 0 saturated heterocycles. The average Bonchev–Trinajstić information content (AvgIpc) is 3.16. The van der Waals surface area contributed by atoms with E-state index in [0.717, 1.165) is 41.7 Å². The lowest BCUT2D eigenvalue weighted by Crippen LogP contribution is -2.51. The second-order valence-corrected chi connectivity index (χ2v) is 10.9. The molecule has 0 atom stereocenters. The van der Waals surface area contributed by atoms with Gasteiger partial charge in [-0.15, -0.1) is 11.3 Å². The van der Waals surface area contributed by atoms with Crippen molar-refractivity contribution in [2.75, 3.05) is 6.54 Å². The van der Waals surface area contributed by atoms with Gasteiger partial charge in [0.05, 0.1) is 6.54 Å². The topological polar surface area (TPSA) is 40.6 Å². The SMILES string of the molecule is Cc1ccsc1CN(Cc1ccc(F)cc1)C(=O)CN(C(=O)C(C)(C)C)C1CCCCC1. The maximum Gasteiger partial charge on any atom is 0.242 e. The van der Waals surface area contributed by atoms with Gasteiger partial charge in [-0.2, -0.15) is 0 Å². The fourth-order valence-electron chi connectivity index (χ4n) is 4.22. The molecule has 4 nitrogen and oxygen atoms in total. The van der Waals surface area contributed by atoms with Gasteiger partial charge >= 0.3 is 0 Å². The summed E-state index contributed by atoms with van der Waals surface area (Å²) in [5, 5.41) is 2.03. The molecule has 2 amide bonds. The fourth-order valence-corrected chi connectivity index (χ4v) is 5.14. The zero-order valence-electron chi connectivity index (χ0n) is 19.7. The first-order valence-corrected chi connectivity index (χ1v) is 12.4. The van der Waals surface area contributed by atoms with Crippen LogP contribution in [0.1, 0.15) is 68.9 Å². The van der Waals surface area contributed by atoms with Gasteiger partial charge in [0, 0.05) is 22.9 Å². The molecule has 32 heavy (non-hydrogen) atoms. The monoisotopic (exact) mass is 458 g/mol. The normalized spacial score (nSPS) is 14.9. The number of hydrogen-bond donors (Lipinski definition) is 0. The largest absolute Gasteiger partial charge is 0.332 e. The molecular weight excluding hydrogens is 423 g/mol. The van der Waals surface area contributed by atoms with Gasteiger partial charge < -0.3 is 9.80 Å². The first kappa shape index (κ1) is 24.4. The van der Waals surface area contributed by atoms with Crippen molar-refractivity contribution >= 4 is 23.2 Å². The third-order valence-electron chi connectivity index (χ3n) is 6.17. The first-order chi connectivity index (χ1) is 15.1. The second-order valence-electron chi connectivity index (χ2n) is 9.88. The van der Waals surface area contributed by atoms with Crippen LogP contribution in [-0.2, 0) is 22.7 Å². The number of benzene rings is 1. The van der Waals surface area contributed by atoms with E-state index in [9.17, 15) is 14.0 Å². The molecule has 174 valence electrons. The lowest BCUT2D eigenvalue weighted by molar-refractivity contribution is -0.149. The molecule has 0 spiro atoms. The number of rotatable bonds is 7. The van der Waals surface area contributed by atoms with Crippen molar-refractivity contribution in [2.24, 2.45) is 5.41 Å². The van der Waals surface area contributed by atoms with Crippen LogP contribution in [0.15, 0.2) is 35.7 Å². The van der Waals surface area contributed by atoms with E-state index in [2.05, 4.69) is 6.07 Å². The van der Waals surface area contributed by atoms with Crippen molar-refractivity contribution in [1.82, 2.24) is 9.80 Å². The summed E-state index contributed by atoms with van der Waals surface area (Å²) in [4.78, 5) is 31.7. The zero-order valence-corrected chi connectivity index (χ0v) is 20.5. The molecule has 0 aliphatic heterocycles. The molecule has 1 saturated carbocycles. The summed E-state index contributed by atoms with van der Waals surface area (Å²) < 4.78 is 13.4. The number of carbonyl (C=O) groups excluding carboxylic acids is 2. The summed E-state index contributed by atoms with van der Waals surface area (Å²) >= 11 is 1.63. The van der Waals surface area contributed by atoms with Gasteiger partial charge in [0.15, 0.2) is 0 Å². The Balaban J connectivity index is 1.83. The Labute approximate surface area is 195 Å². The second kappa shape index (κ2) is 10.6. The summed E-state index contributed by atoms with van der Waals surface area (Å²) in [6, 6.07) is 8.46. The van der Waals surface area contributed by atoms with Gasteiger partial charge in [0.1, 0.15) is 12.4 Å². The Hall–Kier alpha value is -2.21. The van der Waals surface area contributed by atoms with Crippen LogP contribution in [0.4, 0.5) is 4.39 Å². The molecule has 0 unspecified atom stereocenters. The van der Waals surface area contributed by atoms with E-state index in [1.54, 1.807) is 28.4 Å². The number of amides is 2. The van der Waals surface area contributed by atoms with Gasteiger partial charge in [0.2, 0.25) is 11.8 Å². The van der Waals surface area contributed by atoms with E-state index >= 15 is 0 Å². The number of halogens is 1. The number of thiophene rings is 1. The summed E-state index contributed by atoms with van der Waals surface area (Å²) in [5.41, 5.74) is 1.49. The van der Waals surface area contributed by atoms with Crippen LogP contribution in [0.25, 0.3) is 0 Å². The molecule has 1 aliphatic carbocycles. The molecular formula is C26H35FN2O2S. The van der Waals surface area contributed by atoms with E-state index in [1.807, 2.05) is 38.0 Å². The van der Waals surface area contributed by atoms with Crippen molar-refractivity contribution in [3.63, 3.8) is 0 Å². The quantitative estimate of drug-likeness (QED) is 0.516. The van der Waals surface area contributed by atoms with Crippen LogP contribution in [-0.4, -0.2) is 34.2 Å². The van der Waals surface area contributed by atoms with Gasteiger partial charge in [-0.3, -0.25) is 9.59 Å². The van der Waals surface area contributed by atoms with Crippen molar-refractivity contribution in [3.05, 3.63) is 57.5 Å². The summed E-state index contributed by atoms with van der Waals surface area (Å²) in [7, 11) is 0. The highest BCUT2D eigenvalue weighted by Gasteiger charge is 2.34. The summed E-state index contributed by atoms with van der Waals surface area (Å²) in [5.74, 6) is -0.322. The molecule has 0 N–H and O–H groups in total. The van der Waals surface area contributed by atoms with Crippen LogP contribution in [0.3, 0.4) is 0 Å². The van der Waals surface area contributed by atoms with E-state index < -0.39 is 5.41 Å². The number of hydrogen-bond acceptors (Lipinski definition) is 3. The van der Waals surface area contributed by atoms with Gasteiger partial charge in [-0.1, -0.05) is 52.2 Å². The lowest BCUT2D eigenvalue weighted by atomic mass is 9.89. The Kier molecular flexibility index (Phi) is 8.10. The van der Waals surface area contributed by atoms with Gasteiger partial charge in [0.25, 0.3) is 0 Å². The molecule has 1 aliphatic rings. The fraction of sp³-hybridized carbons (Fsp3) is 0.538. The Morgan fingerprint density at radius 3 is 2.25 bits per heavy atom. The number of carbonyl (C=O) groups is 2. The van der Waals surface area contributed by atoms with E-state index in [0.29, 0.717) is 13.1 Å². The highest BCUT2D eigenvalue weighted by Crippen LogP contribution is 2.28. The van der Waals surface area contributed by atoms with Crippen LogP contribution in [0.5, 0.6) is 0 Å². The summed E-state index contributed by atoms with van der Waals surface area (Å²) in [6.45, 7) is 8.76. The van der Waals surface area contributed by atoms with Crippen LogP contribution in [0.2, 0.25) is 0 Å². The summed E-state index contributed by atoms with van der Waals surface area (Å²) in [6.07, 6.45) is 5.30. The minimum atomic E-state index is -0.538. The van der Waals surface area contributed by atoms with Crippen LogP contribution >= 0.6 is 11.3 Å². The van der Waals surface area contributed by atoms with E-state index in [-0.39, 0.29) is 30.2 Å². The van der Waals surface area contributed by atoms with Gasteiger partial charge in [-0.25, -0.2) is 4.39 Å². The minimum absolute atomic E-state index is 0.0341. The van der Waals surface area contributed by atoms with E-state index in [1.165, 1.54) is 18.6 Å². The van der Waals surface area contributed by atoms with Crippen molar-refractivity contribution in [2.45, 2.75) is 78.9 Å². The highest BCUT2D eigenvalue weighted by molar-refractivity contribution is 7.10. The Morgan fingerprint density at radius 2 is 1.69 bits per heavy atom. The molecule has 1 aromatic carbocycles. The van der Waals surface area contributed by atoms with Crippen LogP contribution < -0.4 is 0 Å². The van der Waals surface area contributed by atoms with Crippen molar-refractivity contribution < 1.29 is 14.0 Å². The van der Waals surface area contributed by atoms with Crippen molar-refractivity contribution in [1.29, 1.82) is 0 Å². The average molecular weight is 459 g/mol. The highest BCUT2D eigenvalue weighted by atomic mass is 32.1. The third kappa shape index (κ3) is 6.41. The number of nitrogens with zero attached hydrogens (tertiary/aromatic N) is 2. The predicted octanol–water partition coefficient (Wildman–Crippen LogP) is 5.93. The van der Waals surface area contributed by atoms with Crippen LogP contribution in [0, 0.1) is 18.2 Å². The Bertz CT molecular complexity index is 911. The third-order valence-corrected chi connectivity index (χ3v) is 7.17. The molecule has 1 heterocycles. The minimum Gasteiger partial charge on any atom is -0.332 e. The molecule has 0 bridgehead atoms. The zero-order chi connectivity index (χ0) is 23.3.